The smallest absolute Gasteiger partial charge is 0.122 e. The molecule has 0 saturated carbocycles. The molecule has 1 unspecified atom stereocenters. The van der Waals surface area contributed by atoms with E-state index in [1.807, 2.05) is 19.2 Å². The van der Waals surface area contributed by atoms with Crippen LogP contribution in [0.5, 0.6) is 11.5 Å². The third kappa shape index (κ3) is 2.67. The van der Waals surface area contributed by atoms with Crippen LogP contribution in [0.15, 0.2) is 24.4 Å². The lowest BCUT2D eigenvalue weighted by atomic mass is 10.0. The number of aryl methyl sites for hydroxylation is 1. The Balaban J connectivity index is 2.46. The van der Waals surface area contributed by atoms with E-state index >= 15 is 0 Å². The van der Waals surface area contributed by atoms with E-state index in [0.29, 0.717) is 11.5 Å². The molecule has 1 aromatic carbocycles. The molecule has 0 fully saturated rings. The first-order valence-corrected chi connectivity index (χ1v) is 5.73. The van der Waals surface area contributed by atoms with Gasteiger partial charge in [-0.25, -0.2) is 5.43 Å². The van der Waals surface area contributed by atoms with Crippen molar-refractivity contribution >= 4 is 0 Å². The molecule has 0 bridgehead atoms. The molecule has 0 aliphatic rings. The highest BCUT2D eigenvalue weighted by Gasteiger charge is 2.18. The minimum Gasteiger partial charge on any atom is -0.497 e. The van der Waals surface area contributed by atoms with Gasteiger partial charge in [0, 0.05) is 13.1 Å². The first kappa shape index (κ1) is 13.3. The second-order valence-electron chi connectivity index (χ2n) is 4.03. The predicted octanol–water partition coefficient (Wildman–Crippen LogP) is 0.385. The molecule has 1 aromatic heterocycles. The van der Waals surface area contributed by atoms with Crippen molar-refractivity contribution in [3.05, 3.63) is 35.7 Å². The summed E-state index contributed by atoms with van der Waals surface area (Å²) in [6, 6.07) is 5.34. The summed E-state index contributed by atoms with van der Waals surface area (Å²) in [6.07, 6.45) is 1.66. The van der Waals surface area contributed by atoms with E-state index in [1.165, 1.54) is 0 Å². The van der Waals surface area contributed by atoms with Gasteiger partial charge in [0.25, 0.3) is 0 Å². The van der Waals surface area contributed by atoms with E-state index in [-0.39, 0.29) is 6.04 Å². The number of rotatable bonds is 5. The number of aromatic nitrogens is 3. The van der Waals surface area contributed by atoms with Crippen LogP contribution in [0.4, 0.5) is 0 Å². The lowest BCUT2D eigenvalue weighted by Gasteiger charge is -2.17. The number of hydrogen-bond donors (Lipinski definition) is 2. The molecular weight excluding hydrogens is 246 g/mol. The van der Waals surface area contributed by atoms with Crippen molar-refractivity contribution < 1.29 is 9.47 Å². The molecule has 2 aromatic rings. The first-order chi connectivity index (χ1) is 9.19. The van der Waals surface area contributed by atoms with Gasteiger partial charge in [-0.2, -0.15) is 0 Å². The van der Waals surface area contributed by atoms with Gasteiger partial charge in [0.1, 0.15) is 11.5 Å². The quantitative estimate of drug-likeness (QED) is 0.599. The van der Waals surface area contributed by atoms with Crippen LogP contribution in [-0.4, -0.2) is 29.2 Å². The van der Waals surface area contributed by atoms with Crippen molar-refractivity contribution in [1.82, 2.24) is 20.4 Å². The average molecular weight is 263 g/mol. The zero-order chi connectivity index (χ0) is 13.8. The highest BCUT2D eigenvalue weighted by molar-refractivity contribution is 5.41. The van der Waals surface area contributed by atoms with Crippen LogP contribution >= 0.6 is 0 Å². The Morgan fingerprint density at radius 3 is 2.26 bits per heavy atom. The summed E-state index contributed by atoms with van der Waals surface area (Å²) in [5.41, 5.74) is 4.50. The summed E-state index contributed by atoms with van der Waals surface area (Å²) in [4.78, 5) is 0. The predicted molar refractivity (Wildman–Crippen MR) is 69.7 cm³/mol. The van der Waals surface area contributed by atoms with Crippen molar-refractivity contribution in [2.45, 2.75) is 6.04 Å². The fourth-order valence-corrected chi connectivity index (χ4v) is 1.91. The first-order valence-electron chi connectivity index (χ1n) is 5.73. The zero-order valence-corrected chi connectivity index (χ0v) is 11.1. The third-order valence-corrected chi connectivity index (χ3v) is 2.92. The molecule has 19 heavy (non-hydrogen) atoms. The van der Waals surface area contributed by atoms with Gasteiger partial charge < -0.3 is 9.47 Å². The Hall–Kier alpha value is -2.12. The zero-order valence-electron chi connectivity index (χ0n) is 11.1. The van der Waals surface area contributed by atoms with Gasteiger partial charge in [0.2, 0.25) is 0 Å². The number of nitrogens with two attached hydrogens (primary N) is 1. The molecule has 0 aliphatic heterocycles. The van der Waals surface area contributed by atoms with Crippen LogP contribution in [0.25, 0.3) is 0 Å². The minimum atomic E-state index is -0.246. The van der Waals surface area contributed by atoms with Gasteiger partial charge in [0.05, 0.1) is 32.2 Å². The molecule has 0 radical (unpaired) electrons. The van der Waals surface area contributed by atoms with Crippen LogP contribution in [0.1, 0.15) is 17.3 Å². The molecule has 1 atom stereocenters. The van der Waals surface area contributed by atoms with E-state index in [4.69, 9.17) is 15.3 Å². The van der Waals surface area contributed by atoms with Gasteiger partial charge in [-0.1, -0.05) is 5.21 Å². The fraction of sp³-hybridized carbons (Fsp3) is 0.333. The molecule has 0 aliphatic carbocycles. The average Bonchev–Trinajstić information content (AvgIpc) is 2.85. The molecule has 7 heteroatoms. The Morgan fingerprint density at radius 1 is 1.21 bits per heavy atom. The Bertz CT molecular complexity index is 533. The van der Waals surface area contributed by atoms with E-state index < -0.39 is 0 Å². The SMILES string of the molecule is COc1cc(OC)cc(C(NN)c2cnnn2C)c1. The van der Waals surface area contributed by atoms with Gasteiger partial charge in [0.15, 0.2) is 0 Å². The van der Waals surface area contributed by atoms with E-state index in [2.05, 4.69) is 15.7 Å². The highest BCUT2D eigenvalue weighted by Crippen LogP contribution is 2.28. The molecule has 102 valence electrons. The van der Waals surface area contributed by atoms with Crippen molar-refractivity contribution in [2.24, 2.45) is 12.9 Å². The van der Waals surface area contributed by atoms with Crippen LogP contribution in [0, 0.1) is 0 Å². The van der Waals surface area contributed by atoms with E-state index in [1.54, 1.807) is 31.2 Å². The van der Waals surface area contributed by atoms with Gasteiger partial charge in [-0.15, -0.1) is 5.10 Å². The summed E-state index contributed by atoms with van der Waals surface area (Å²) in [5.74, 6) is 7.05. The second kappa shape index (κ2) is 5.68. The number of ether oxygens (including phenoxy) is 2. The van der Waals surface area contributed by atoms with Crippen LogP contribution < -0.4 is 20.7 Å². The van der Waals surface area contributed by atoms with Gasteiger partial charge in [-0.3, -0.25) is 10.5 Å². The topological polar surface area (TPSA) is 87.2 Å². The van der Waals surface area contributed by atoms with Crippen LogP contribution in [0.2, 0.25) is 0 Å². The molecule has 7 nitrogen and oxygen atoms in total. The molecule has 1 heterocycles. The maximum Gasteiger partial charge on any atom is 0.122 e. The fourth-order valence-electron chi connectivity index (χ4n) is 1.91. The standard InChI is InChI=1S/C12H17N5O2/c1-17-11(7-14-16-17)12(15-13)8-4-9(18-2)6-10(5-8)19-3/h4-7,12,15H,13H2,1-3H3. The summed E-state index contributed by atoms with van der Waals surface area (Å²) >= 11 is 0. The Kier molecular flexibility index (Phi) is 3.98. The molecule has 0 spiro atoms. The highest BCUT2D eigenvalue weighted by atomic mass is 16.5. The molecule has 3 N–H and O–H groups in total. The number of nitrogens with one attached hydrogen (secondary N) is 1. The number of nitrogens with zero attached hydrogens (tertiary/aromatic N) is 3. The number of benzene rings is 1. The third-order valence-electron chi connectivity index (χ3n) is 2.92. The number of methoxy groups -OCH3 is 2. The maximum absolute atomic E-state index is 5.65. The lowest BCUT2D eigenvalue weighted by Crippen LogP contribution is -2.30. The maximum atomic E-state index is 5.65. The second-order valence-corrected chi connectivity index (χ2v) is 4.03. The van der Waals surface area contributed by atoms with Gasteiger partial charge in [-0.05, 0) is 17.7 Å². The largest absolute Gasteiger partial charge is 0.497 e. The lowest BCUT2D eigenvalue weighted by molar-refractivity contribution is 0.392. The van der Waals surface area contributed by atoms with E-state index in [9.17, 15) is 0 Å². The molecule has 2 rings (SSSR count). The number of hydrogen-bond acceptors (Lipinski definition) is 6. The van der Waals surface area contributed by atoms with Crippen molar-refractivity contribution in [3.8, 4) is 11.5 Å². The minimum absolute atomic E-state index is 0.246. The molecular formula is C12H17N5O2. The van der Waals surface area contributed by atoms with Crippen LogP contribution in [0.3, 0.4) is 0 Å². The Labute approximate surface area is 111 Å². The van der Waals surface area contributed by atoms with E-state index in [0.717, 1.165) is 11.3 Å². The molecule has 0 amide bonds. The van der Waals surface area contributed by atoms with Crippen molar-refractivity contribution in [1.29, 1.82) is 0 Å². The monoisotopic (exact) mass is 263 g/mol. The molecule has 0 saturated heterocycles. The summed E-state index contributed by atoms with van der Waals surface area (Å²) in [7, 11) is 5.02. The summed E-state index contributed by atoms with van der Waals surface area (Å²) in [5, 5.41) is 7.76. The van der Waals surface area contributed by atoms with Crippen molar-refractivity contribution in [3.63, 3.8) is 0 Å². The summed E-state index contributed by atoms with van der Waals surface area (Å²) in [6.45, 7) is 0. The van der Waals surface area contributed by atoms with Crippen molar-refractivity contribution in [2.75, 3.05) is 14.2 Å². The Morgan fingerprint density at radius 2 is 1.84 bits per heavy atom. The summed E-state index contributed by atoms with van der Waals surface area (Å²) < 4.78 is 12.2. The number of hydrazine groups is 1. The van der Waals surface area contributed by atoms with Crippen LogP contribution in [-0.2, 0) is 7.05 Å². The van der Waals surface area contributed by atoms with Gasteiger partial charge >= 0.3 is 0 Å². The normalized spacial score (nSPS) is 12.2.